The topological polar surface area (TPSA) is 77.1 Å². The molecule has 4 aromatic rings. The van der Waals surface area contributed by atoms with Crippen molar-refractivity contribution in [2.45, 2.75) is 39.4 Å². The van der Waals surface area contributed by atoms with Crippen LogP contribution >= 0.6 is 0 Å². The smallest absolute Gasteiger partial charge is 0.345 e. The van der Waals surface area contributed by atoms with Crippen molar-refractivity contribution in [3.63, 3.8) is 0 Å². The average molecular weight is 456 g/mol. The lowest BCUT2D eigenvalue weighted by molar-refractivity contribution is -0.142. The van der Waals surface area contributed by atoms with Gasteiger partial charge in [0.1, 0.15) is 0 Å². The van der Waals surface area contributed by atoms with Crippen LogP contribution in [0.2, 0.25) is 0 Å². The average Bonchev–Trinajstić information content (AvgIpc) is 3.32. The summed E-state index contributed by atoms with van der Waals surface area (Å²) in [5.74, 6) is -0.304. The zero-order valence-electron chi connectivity index (χ0n) is 18.6. The number of fused-ring (bicyclic) bond motifs is 1. The van der Waals surface area contributed by atoms with Gasteiger partial charge < -0.3 is 5.32 Å². The van der Waals surface area contributed by atoms with Gasteiger partial charge in [-0.2, -0.15) is 23.4 Å². The summed E-state index contributed by atoms with van der Waals surface area (Å²) in [5, 5.41) is 10.8. The van der Waals surface area contributed by atoms with E-state index in [1.54, 1.807) is 23.9 Å². The lowest BCUT2D eigenvalue weighted by Crippen LogP contribution is -2.24. The van der Waals surface area contributed by atoms with Crippen molar-refractivity contribution < 1.29 is 18.0 Å². The third kappa shape index (κ3) is 4.59. The maximum atomic E-state index is 13.8. The van der Waals surface area contributed by atoms with Crippen LogP contribution in [0.5, 0.6) is 0 Å². The molecule has 0 saturated heterocycles. The van der Waals surface area contributed by atoms with Crippen LogP contribution in [0.4, 0.5) is 13.2 Å². The number of hydrogen-bond acceptors (Lipinski definition) is 4. The number of nitrogens with one attached hydrogen (secondary N) is 1. The standard InChI is InChI=1S/C23H23F3N6O/c1-13(2)15-5-7-16(8-6-15)18-10-20(23(24,25)26)32-21(28-18)11-19(30-32)22(33)27-12-17-9-14(3)29-31(17)4/h5-11,13H,12H2,1-4H3,(H,27,33). The molecule has 3 aromatic heterocycles. The Hall–Kier alpha value is -3.69. The largest absolute Gasteiger partial charge is 0.433 e. The predicted molar refractivity (Wildman–Crippen MR) is 117 cm³/mol. The number of halogens is 3. The number of hydrogen-bond donors (Lipinski definition) is 1. The number of aryl methyl sites for hydroxylation is 2. The van der Waals surface area contributed by atoms with E-state index in [1.165, 1.54) is 6.07 Å². The van der Waals surface area contributed by atoms with E-state index < -0.39 is 17.8 Å². The monoisotopic (exact) mass is 456 g/mol. The van der Waals surface area contributed by atoms with E-state index in [2.05, 4.69) is 20.5 Å². The molecule has 0 atom stereocenters. The molecular weight excluding hydrogens is 433 g/mol. The summed E-state index contributed by atoms with van der Waals surface area (Å²) < 4.78 is 43.7. The van der Waals surface area contributed by atoms with E-state index in [1.807, 2.05) is 39.0 Å². The van der Waals surface area contributed by atoms with Crippen LogP contribution in [0.15, 0.2) is 42.5 Å². The van der Waals surface area contributed by atoms with E-state index in [4.69, 9.17) is 0 Å². The van der Waals surface area contributed by atoms with E-state index in [0.717, 1.165) is 23.0 Å². The Morgan fingerprint density at radius 3 is 2.36 bits per heavy atom. The summed E-state index contributed by atoms with van der Waals surface area (Å²) in [7, 11) is 1.74. The van der Waals surface area contributed by atoms with Crippen LogP contribution in [0, 0.1) is 6.92 Å². The van der Waals surface area contributed by atoms with Crippen LogP contribution in [0.1, 0.15) is 52.9 Å². The van der Waals surface area contributed by atoms with E-state index in [0.29, 0.717) is 16.0 Å². The Kier molecular flexibility index (Phi) is 5.69. The lowest BCUT2D eigenvalue weighted by atomic mass is 10.0. The summed E-state index contributed by atoms with van der Waals surface area (Å²) in [6.45, 7) is 6.06. The van der Waals surface area contributed by atoms with Gasteiger partial charge in [0.05, 0.1) is 23.6 Å². The van der Waals surface area contributed by atoms with Crippen LogP contribution in [0.3, 0.4) is 0 Å². The van der Waals surface area contributed by atoms with Gasteiger partial charge in [0.25, 0.3) is 5.91 Å². The highest BCUT2D eigenvalue weighted by Crippen LogP contribution is 2.32. The lowest BCUT2D eigenvalue weighted by Gasteiger charge is -2.12. The van der Waals surface area contributed by atoms with Gasteiger partial charge in [0.2, 0.25) is 0 Å². The van der Waals surface area contributed by atoms with Crippen molar-refractivity contribution in [2.75, 3.05) is 0 Å². The Morgan fingerprint density at radius 2 is 1.79 bits per heavy atom. The molecule has 172 valence electrons. The first-order chi connectivity index (χ1) is 15.5. The van der Waals surface area contributed by atoms with Crippen molar-refractivity contribution in [3.8, 4) is 11.3 Å². The Bertz CT molecular complexity index is 1320. The first kappa shape index (κ1) is 22.5. The molecule has 7 nitrogen and oxygen atoms in total. The molecule has 1 amide bonds. The molecule has 0 spiro atoms. The Balaban J connectivity index is 1.69. The van der Waals surface area contributed by atoms with Gasteiger partial charge in [0, 0.05) is 18.7 Å². The number of amides is 1. The normalized spacial score (nSPS) is 12.0. The molecule has 0 aliphatic heterocycles. The minimum absolute atomic E-state index is 0.0608. The SMILES string of the molecule is Cc1cc(CNC(=O)c2cc3nc(-c4ccc(C(C)C)cc4)cc(C(F)(F)F)n3n2)n(C)n1. The summed E-state index contributed by atoms with van der Waals surface area (Å²) in [5.41, 5.74) is 2.11. The van der Waals surface area contributed by atoms with Crippen molar-refractivity contribution in [1.82, 2.24) is 29.7 Å². The van der Waals surface area contributed by atoms with Crippen molar-refractivity contribution in [2.24, 2.45) is 7.05 Å². The maximum Gasteiger partial charge on any atom is 0.433 e. The quantitative estimate of drug-likeness (QED) is 0.479. The van der Waals surface area contributed by atoms with Gasteiger partial charge in [-0.3, -0.25) is 9.48 Å². The highest BCUT2D eigenvalue weighted by atomic mass is 19.4. The number of carbonyl (C=O) groups excluding carboxylic acids is 1. The molecule has 0 saturated carbocycles. The number of aromatic nitrogens is 5. The number of rotatable bonds is 5. The third-order valence-corrected chi connectivity index (χ3v) is 5.35. The summed E-state index contributed by atoms with van der Waals surface area (Å²) in [4.78, 5) is 16.9. The molecule has 0 aliphatic carbocycles. The fourth-order valence-corrected chi connectivity index (χ4v) is 3.57. The summed E-state index contributed by atoms with van der Waals surface area (Å²) in [6, 6.07) is 11.2. The van der Waals surface area contributed by atoms with Crippen molar-refractivity contribution >= 4 is 11.6 Å². The van der Waals surface area contributed by atoms with E-state index >= 15 is 0 Å². The molecule has 0 unspecified atom stereocenters. The molecule has 1 N–H and O–H groups in total. The minimum atomic E-state index is -4.68. The zero-order valence-corrected chi connectivity index (χ0v) is 18.6. The molecule has 0 bridgehead atoms. The van der Waals surface area contributed by atoms with Gasteiger partial charge in [-0.25, -0.2) is 9.50 Å². The Morgan fingerprint density at radius 1 is 1.09 bits per heavy atom. The van der Waals surface area contributed by atoms with Gasteiger partial charge in [0.15, 0.2) is 17.0 Å². The van der Waals surface area contributed by atoms with Crippen LogP contribution in [0.25, 0.3) is 16.9 Å². The van der Waals surface area contributed by atoms with Crippen molar-refractivity contribution in [3.05, 3.63) is 70.8 Å². The van der Waals surface area contributed by atoms with Gasteiger partial charge in [-0.1, -0.05) is 38.1 Å². The molecule has 1 aromatic carbocycles. The summed E-state index contributed by atoms with van der Waals surface area (Å²) >= 11 is 0. The predicted octanol–water partition coefficient (Wildman–Crippen LogP) is 4.51. The fraction of sp³-hybridized carbons (Fsp3) is 0.304. The second kappa shape index (κ2) is 8.34. The van der Waals surface area contributed by atoms with Gasteiger partial charge in [-0.05, 0) is 30.5 Å². The van der Waals surface area contributed by atoms with Gasteiger partial charge >= 0.3 is 6.18 Å². The highest BCUT2D eigenvalue weighted by Gasteiger charge is 2.35. The van der Waals surface area contributed by atoms with Crippen LogP contribution in [-0.2, 0) is 19.8 Å². The second-order valence-electron chi connectivity index (χ2n) is 8.18. The summed E-state index contributed by atoms with van der Waals surface area (Å²) in [6.07, 6.45) is -4.68. The first-order valence-corrected chi connectivity index (χ1v) is 10.4. The first-order valence-electron chi connectivity index (χ1n) is 10.4. The van der Waals surface area contributed by atoms with Crippen LogP contribution in [-0.4, -0.2) is 30.3 Å². The molecular formula is C23H23F3N6O. The molecule has 33 heavy (non-hydrogen) atoms. The molecule has 4 rings (SSSR count). The molecule has 0 radical (unpaired) electrons. The molecule has 0 fully saturated rings. The minimum Gasteiger partial charge on any atom is -0.345 e. The van der Waals surface area contributed by atoms with Crippen LogP contribution < -0.4 is 5.32 Å². The second-order valence-corrected chi connectivity index (χ2v) is 8.18. The van der Waals surface area contributed by atoms with E-state index in [9.17, 15) is 18.0 Å². The van der Waals surface area contributed by atoms with Gasteiger partial charge in [-0.15, -0.1) is 0 Å². The number of carbonyl (C=O) groups is 1. The third-order valence-electron chi connectivity index (χ3n) is 5.35. The molecule has 0 aliphatic rings. The Labute approximate surface area is 188 Å². The fourth-order valence-electron chi connectivity index (χ4n) is 3.57. The highest BCUT2D eigenvalue weighted by molar-refractivity contribution is 5.93. The number of benzene rings is 1. The van der Waals surface area contributed by atoms with Crippen molar-refractivity contribution in [1.29, 1.82) is 0 Å². The maximum absolute atomic E-state index is 13.8. The zero-order chi connectivity index (χ0) is 23.9. The van der Waals surface area contributed by atoms with E-state index in [-0.39, 0.29) is 23.6 Å². The number of alkyl halides is 3. The number of nitrogens with zero attached hydrogens (tertiary/aromatic N) is 5. The molecule has 3 heterocycles. The molecule has 10 heteroatoms.